The summed E-state index contributed by atoms with van der Waals surface area (Å²) in [4.78, 5) is 26.3. The SMILES string of the molecule is CCc1sc(C(=O)N[C@@H]2CCN(CC(F)(F)F)C2=O)cc1C. The number of thiophene rings is 1. The molecule has 0 spiro atoms. The lowest BCUT2D eigenvalue weighted by Gasteiger charge is -2.18. The Morgan fingerprint density at radius 3 is 2.73 bits per heavy atom. The van der Waals surface area contributed by atoms with Crippen LogP contribution in [0.25, 0.3) is 0 Å². The van der Waals surface area contributed by atoms with Crippen molar-refractivity contribution in [3.63, 3.8) is 0 Å². The zero-order valence-electron chi connectivity index (χ0n) is 12.3. The third kappa shape index (κ3) is 3.79. The Kier molecular flexibility index (Phi) is 4.79. The van der Waals surface area contributed by atoms with Crippen LogP contribution in [0.5, 0.6) is 0 Å². The molecule has 1 aromatic rings. The Morgan fingerprint density at radius 2 is 2.18 bits per heavy atom. The van der Waals surface area contributed by atoms with Gasteiger partial charge in [-0.2, -0.15) is 13.2 Å². The fourth-order valence-electron chi connectivity index (χ4n) is 2.46. The van der Waals surface area contributed by atoms with Crippen LogP contribution in [0.4, 0.5) is 13.2 Å². The van der Waals surface area contributed by atoms with E-state index in [-0.39, 0.29) is 13.0 Å². The minimum Gasteiger partial charge on any atom is -0.339 e. The Morgan fingerprint density at radius 1 is 1.50 bits per heavy atom. The molecule has 2 heterocycles. The molecule has 1 N–H and O–H groups in total. The standard InChI is InChI=1S/C14H17F3N2O2S/c1-3-10-8(2)6-11(22-10)12(20)18-9-4-5-19(13(9)21)7-14(15,16)17/h6,9H,3-5,7H2,1-2H3,(H,18,20)/t9-/m1/s1. The van der Waals surface area contributed by atoms with E-state index in [1.165, 1.54) is 11.3 Å². The molecule has 0 aromatic carbocycles. The first-order valence-electron chi connectivity index (χ1n) is 6.97. The number of carbonyl (C=O) groups is 2. The van der Waals surface area contributed by atoms with Crippen LogP contribution in [0.1, 0.15) is 33.5 Å². The summed E-state index contributed by atoms with van der Waals surface area (Å²) < 4.78 is 37.0. The van der Waals surface area contributed by atoms with Crippen molar-refractivity contribution in [1.82, 2.24) is 10.2 Å². The fourth-order valence-corrected chi connectivity index (χ4v) is 3.48. The van der Waals surface area contributed by atoms with Crippen LogP contribution in [-0.2, 0) is 11.2 Å². The Balaban J connectivity index is 1.99. The van der Waals surface area contributed by atoms with Crippen molar-refractivity contribution >= 4 is 23.2 Å². The Hall–Kier alpha value is -1.57. The van der Waals surface area contributed by atoms with Crippen molar-refractivity contribution in [2.45, 2.75) is 38.9 Å². The zero-order valence-corrected chi connectivity index (χ0v) is 13.1. The number of alkyl halides is 3. The van der Waals surface area contributed by atoms with Gasteiger partial charge in [0.1, 0.15) is 12.6 Å². The number of rotatable bonds is 4. The van der Waals surface area contributed by atoms with Gasteiger partial charge in [0.05, 0.1) is 4.88 Å². The van der Waals surface area contributed by atoms with E-state index in [9.17, 15) is 22.8 Å². The molecular weight excluding hydrogens is 317 g/mol. The molecular formula is C14H17F3N2O2S. The summed E-state index contributed by atoms with van der Waals surface area (Å²) in [5.74, 6) is -1.07. The van der Waals surface area contributed by atoms with E-state index in [1.807, 2.05) is 13.8 Å². The molecule has 0 saturated carbocycles. The minimum atomic E-state index is -4.42. The molecule has 1 fully saturated rings. The maximum Gasteiger partial charge on any atom is 0.406 e. The Labute approximate surface area is 130 Å². The molecule has 2 amide bonds. The molecule has 0 bridgehead atoms. The molecule has 4 nitrogen and oxygen atoms in total. The highest BCUT2D eigenvalue weighted by atomic mass is 32.1. The second kappa shape index (κ2) is 6.28. The molecule has 1 saturated heterocycles. The lowest BCUT2D eigenvalue weighted by Crippen LogP contribution is -2.43. The van der Waals surface area contributed by atoms with E-state index in [1.54, 1.807) is 6.07 Å². The molecule has 0 aliphatic carbocycles. The summed E-state index contributed by atoms with van der Waals surface area (Å²) >= 11 is 1.35. The van der Waals surface area contributed by atoms with Crippen LogP contribution < -0.4 is 5.32 Å². The largest absolute Gasteiger partial charge is 0.406 e. The normalized spacial score (nSPS) is 18.9. The molecule has 1 aliphatic heterocycles. The number of carbonyl (C=O) groups excluding carboxylic acids is 2. The van der Waals surface area contributed by atoms with Gasteiger partial charge >= 0.3 is 6.18 Å². The lowest BCUT2D eigenvalue weighted by atomic mass is 10.2. The first-order chi connectivity index (χ1) is 10.2. The number of likely N-dealkylation sites (tertiary alicyclic amines) is 1. The van der Waals surface area contributed by atoms with Crippen molar-refractivity contribution in [2.24, 2.45) is 0 Å². The highest BCUT2D eigenvalue weighted by molar-refractivity contribution is 7.14. The molecule has 1 aliphatic rings. The smallest absolute Gasteiger partial charge is 0.339 e. The first-order valence-corrected chi connectivity index (χ1v) is 7.78. The quantitative estimate of drug-likeness (QED) is 0.920. The summed E-state index contributed by atoms with van der Waals surface area (Å²) in [6.07, 6.45) is -3.41. The average Bonchev–Trinajstić information content (AvgIpc) is 2.94. The van der Waals surface area contributed by atoms with Gasteiger partial charge in [-0.1, -0.05) is 6.92 Å². The van der Waals surface area contributed by atoms with Gasteiger partial charge in [-0.3, -0.25) is 9.59 Å². The van der Waals surface area contributed by atoms with Gasteiger partial charge in [-0.25, -0.2) is 0 Å². The molecule has 1 aromatic heterocycles. The van der Waals surface area contributed by atoms with Crippen LogP contribution in [0.2, 0.25) is 0 Å². The summed E-state index contributed by atoms with van der Waals surface area (Å²) in [5.41, 5.74) is 1.01. The lowest BCUT2D eigenvalue weighted by molar-refractivity contribution is -0.157. The highest BCUT2D eigenvalue weighted by Crippen LogP contribution is 2.24. The van der Waals surface area contributed by atoms with Crippen LogP contribution in [0.15, 0.2) is 6.07 Å². The highest BCUT2D eigenvalue weighted by Gasteiger charge is 2.39. The van der Waals surface area contributed by atoms with Crippen molar-refractivity contribution in [2.75, 3.05) is 13.1 Å². The van der Waals surface area contributed by atoms with Crippen molar-refractivity contribution in [1.29, 1.82) is 0 Å². The molecule has 0 unspecified atom stereocenters. The van der Waals surface area contributed by atoms with Crippen LogP contribution in [-0.4, -0.2) is 42.0 Å². The van der Waals surface area contributed by atoms with E-state index in [2.05, 4.69) is 5.32 Å². The number of hydrogen-bond acceptors (Lipinski definition) is 3. The summed E-state index contributed by atoms with van der Waals surface area (Å²) in [6, 6.07) is 0.869. The third-order valence-electron chi connectivity index (χ3n) is 3.54. The van der Waals surface area contributed by atoms with Gasteiger partial charge in [0.2, 0.25) is 5.91 Å². The van der Waals surface area contributed by atoms with E-state index >= 15 is 0 Å². The summed E-state index contributed by atoms with van der Waals surface area (Å²) in [5, 5.41) is 2.54. The molecule has 122 valence electrons. The topological polar surface area (TPSA) is 49.4 Å². The summed E-state index contributed by atoms with van der Waals surface area (Å²) in [7, 11) is 0. The second-order valence-corrected chi connectivity index (χ2v) is 6.40. The number of aryl methyl sites for hydroxylation is 2. The Bertz CT molecular complexity index is 583. The van der Waals surface area contributed by atoms with Gasteiger partial charge in [0.25, 0.3) is 5.91 Å². The number of nitrogens with one attached hydrogen (secondary N) is 1. The molecule has 0 radical (unpaired) electrons. The number of hydrogen-bond donors (Lipinski definition) is 1. The van der Waals surface area contributed by atoms with Crippen LogP contribution >= 0.6 is 11.3 Å². The fraction of sp³-hybridized carbons (Fsp3) is 0.571. The van der Waals surface area contributed by atoms with Gasteiger partial charge in [0.15, 0.2) is 0 Å². The van der Waals surface area contributed by atoms with Crippen molar-refractivity contribution < 1.29 is 22.8 Å². The minimum absolute atomic E-state index is 0.00691. The van der Waals surface area contributed by atoms with Gasteiger partial charge < -0.3 is 10.2 Å². The van der Waals surface area contributed by atoms with Crippen molar-refractivity contribution in [3.05, 3.63) is 21.4 Å². The maximum atomic E-state index is 12.3. The molecule has 8 heteroatoms. The predicted octanol–water partition coefficient (Wildman–Crippen LogP) is 2.51. The summed E-state index contributed by atoms with van der Waals surface area (Å²) in [6.45, 7) is 2.62. The average molecular weight is 334 g/mol. The third-order valence-corrected chi connectivity index (χ3v) is 4.92. The van der Waals surface area contributed by atoms with Crippen LogP contribution in [0, 0.1) is 6.92 Å². The molecule has 2 rings (SSSR count). The van der Waals surface area contributed by atoms with Gasteiger partial charge in [-0.05, 0) is 31.4 Å². The van der Waals surface area contributed by atoms with E-state index in [4.69, 9.17) is 0 Å². The first kappa shape index (κ1) is 16.8. The van der Waals surface area contributed by atoms with E-state index < -0.39 is 30.6 Å². The molecule has 1 atom stereocenters. The van der Waals surface area contributed by atoms with E-state index in [0.717, 1.165) is 21.8 Å². The monoisotopic (exact) mass is 334 g/mol. The predicted molar refractivity (Wildman–Crippen MR) is 76.9 cm³/mol. The van der Waals surface area contributed by atoms with Crippen LogP contribution in [0.3, 0.4) is 0 Å². The number of halogens is 3. The number of nitrogens with zero attached hydrogens (tertiary/aromatic N) is 1. The van der Waals surface area contributed by atoms with Gasteiger partial charge in [0, 0.05) is 11.4 Å². The second-order valence-electron chi connectivity index (χ2n) is 5.26. The maximum absolute atomic E-state index is 12.3. The van der Waals surface area contributed by atoms with Crippen molar-refractivity contribution in [3.8, 4) is 0 Å². The number of amides is 2. The van der Waals surface area contributed by atoms with Gasteiger partial charge in [-0.15, -0.1) is 11.3 Å². The zero-order chi connectivity index (χ0) is 16.5. The van der Waals surface area contributed by atoms with E-state index in [0.29, 0.717) is 4.88 Å². The molecule has 22 heavy (non-hydrogen) atoms.